The summed E-state index contributed by atoms with van der Waals surface area (Å²) in [5, 5.41) is 4.32. The molecule has 5 heteroatoms. The molecule has 5 nitrogen and oxygen atoms in total. The van der Waals surface area contributed by atoms with Gasteiger partial charge in [-0.3, -0.25) is 9.48 Å². The lowest BCUT2D eigenvalue weighted by molar-refractivity contribution is 0.0705. The van der Waals surface area contributed by atoms with Crippen molar-refractivity contribution in [2.75, 3.05) is 19.6 Å². The van der Waals surface area contributed by atoms with Crippen LogP contribution in [0.5, 0.6) is 0 Å². The van der Waals surface area contributed by atoms with E-state index < -0.39 is 0 Å². The van der Waals surface area contributed by atoms with Crippen molar-refractivity contribution in [1.29, 1.82) is 0 Å². The summed E-state index contributed by atoms with van der Waals surface area (Å²) in [6, 6.07) is 0. The van der Waals surface area contributed by atoms with Gasteiger partial charge in [0.15, 0.2) is 0 Å². The molecule has 1 amide bonds. The summed E-state index contributed by atoms with van der Waals surface area (Å²) in [7, 11) is 0. The minimum Gasteiger partial charge on any atom is -0.339 e. The first-order valence-corrected chi connectivity index (χ1v) is 7.69. The van der Waals surface area contributed by atoms with Gasteiger partial charge in [0.1, 0.15) is 0 Å². The number of nitrogens with two attached hydrogens (primary N) is 1. The SMILES string of the molecule is CCN(CC1CCC1)C(=O)c1cnn(CCCN)c1C. The molecule has 0 saturated heterocycles. The fourth-order valence-electron chi connectivity index (χ4n) is 2.64. The zero-order valence-corrected chi connectivity index (χ0v) is 12.6. The predicted octanol–water partition coefficient (Wildman–Crippen LogP) is 1.80. The Morgan fingerprint density at radius 2 is 2.30 bits per heavy atom. The molecule has 1 aromatic heterocycles. The van der Waals surface area contributed by atoms with Crippen LogP contribution >= 0.6 is 0 Å². The van der Waals surface area contributed by atoms with Gasteiger partial charge in [0.2, 0.25) is 0 Å². The maximum absolute atomic E-state index is 12.6. The Kier molecular flexibility index (Phi) is 5.17. The standard InChI is InChI=1S/C15H26N4O/c1-3-18(11-13-6-4-7-13)15(20)14-10-17-19(12(14)2)9-5-8-16/h10,13H,3-9,11,16H2,1-2H3. The lowest BCUT2D eigenvalue weighted by atomic mass is 9.85. The topological polar surface area (TPSA) is 64.2 Å². The van der Waals surface area contributed by atoms with E-state index in [9.17, 15) is 4.79 Å². The van der Waals surface area contributed by atoms with Gasteiger partial charge in [0, 0.05) is 25.3 Å². The molecule has 1 fully saturated rings. The van der Waals surface area contributed by atoms with Gasteiger partial charge in [-0.05, 0) is 45.6 Å². The third-order valence-corrected chi connectivity index (χ3v) is 4.28. The number of carbonyl (C=O) groups excluding carboxylic acids is 1. The fraction of sp³-hybridized carbons (Fsp3) is 0.733. The van der Waals surface area contributed by atoms with E-state index in [0.29, 0.717) is 12.5 Å². The number of aromatic nitrogens is 2. The number of hydrogen-bond acceptors (Lipinski definition) is 3. The number of amides is 1. The normalized spacial score (nSPS) is 15.2. The number of rotatable bonds is 7. The highest BCUT2D eigenvalue weighted by Gasteiger charge is 2.25. The molecule has 0 radical (unpaired) electrons. The Hall–Kier alpha value is -1.36. The average molecular weight is 278 g/mol. The molecule has 0 aliphatic heterocycles. The van der Waals surface area contributed by atoms with Gasteiger partial charge in [0.25, 0.3) is 5.91 Å². The predicted molar refractivity (Wildman–Crippen MR) is 79.6 cm³/mol. The lowest BCUT2D eigenvalue weighted by Gasteiger charge is -2.31. The van der Waals surface area contributed by atoms with Crippen molar-refractivity contribution >= 4 is 5.91 Å². The first-order valence-electron chi connectivity index (χ1n) is 7.69. The summed E-state index contributed by atoms with van der Waals surface area (Å²) in [5.74, 6) is 0.822. The minimum atomic E-state index is 0.121. The highest BCUT2D eigenvalue weighted by atomic mass is 16.2. The van der Waals surface area contributed by atoms with Crippen LogP contribution in [0.4, 0.5) is 0 Å². The summed E-state index contributed by atoms with van der Waals surface area (Å²) in [6.07, 6.45) is 6.43. The van der Waals surface area contributed by atoms with Crippen LogP contribution in [0.15, 0.2) is 6.20 Å². The Morgan fingerprint density at radius 3 is 2.85 bits per heavy atom. The molecule has 0 aromatic carbocycles. The van der Waals surface area contributed by atoms with Crippen LogP contribution in [0.2, 0.25) is 0 Å². The molecule has 0 atom stereocenters. The molecular weight excluding hydrogens is 252 g/mol. The fourth-order valence-corrected chi connectivity index (χ4v) is 2.64. The molecule has 0 unspecified atom stereocenters. The zero-order chi connectivity index (χ0) is 14.5. The molecule has 0 spiro atoms. The summed E-state index contributed by atoms with van der Waals surface area (Å²) in [4.78, 5) is 14.6. The number of hydrogen-bond donors (Lipinski definition) is 1. The van der Waals surface area contributed by atoms with E-state index in [1.54, 1.807) is 6.20 Å². The molecule has 1 aliphatic carbocycles. The quantitative estimate of drug-likeness (QED) is 0.827. The molecule has 20 heavy (non-hydrogen) atoms. The second-order valence-corrected chi connectivity index (χ2v) is 5.65. The van der Waals surface area contributed by atoms with E-state index in [1.807, 2.05) is 23.4 Å². The van der Waals surface area contributed by atoms with E-state index in [4.69, 9.17) is 5.73 Å². The van der Waals surface area contributed by atoms with Crippen molar-refractivity contribution in [2.24, 2.45) is 11.7 Å². The van der Waals surface area contributed by atoms with Crippen LogP contribution in [-0.2, 0) is 6.54 Å². The van der Waals surface area contributed by atoms with E-state index in [-0.39, 0.29) is 5.91 Å². The van der Waals surface area contributed by atoms with Crippen LogP contribution < -0.4 is 5.73 Å². The highest BCUT2D eigenvalue weighted by Crippen LogP contribution is 2.27. The highest BCUT2D eigenvalue weighted by molar-refractivity contribution is 5.95. The van der Waals surface area contributed by atoms with E-state index in [2.05, 4.69) is 5.10 Å². The second-order valence-electron chi connectivity index (χ2n) is 5.65. The summed E-state index contributed by atoms with van der Waals surface area (Å²) in [6.45, 7) is 7.10. The molecule has 0 bridgehead atoms. The van der Waals surface area contributed by atoms with Crippen LogP contribution in [0.3, 0.4) is 0 Å². The van der Waals surface area contributed by atoms with Gasteiger partial charge in [-0.15, -0.1) is 0 Å². The smallest absolute Gasteiger partial charge is 0.257 e. The van der Waals surface area contributed by atoms with Gasteiger partial charge >= 0.3 is 0 Å². The number of aryl methyl sites for hydroxylation is 1. The van der Waals surface area contributed by atoms with Crippen molar-refractivity contribution < 1.29 is 4.79 Å². The van der Waals surface area contributed by atoms with Crippen molar-refractivity contribution in [3.8, 4) is 0 Å². The molecule has 2 N–H and O–H groups in total. The average Bonchev–Trinajstić information content (AvgIpc) is 2.76. The van der Waals surface area contributed by atoms with Gasteiger partial charge in [0.05, 0.1) is 11.8 Å². The first-order chi connectivity index (χ1) is 9.67. The molecule has 2 rings (SSSR count). The summed E-state index contributed by atoms with van der Waals surface area (Å²) < 4.78 is 1.89. The summed E-state index contributed by atoms with van der Waals surface area (Å²) >= 11 is 0. The van der Waals surface area contributed by atoms with Crippen molar-refractivity contribution in [2.45, 2.75) is 46.1 Å². The Balaban J connectivity index is 2.04. The third kappa shape index (κ3) is 3.20. The molecule has 1 saturated carbocycles. The monoisotopic (exact) mass is 278 g/mol. The largest absolute Gasteiger partial charge is 0.339 e. The van der Waals surface area contributed by atoms with Gasteiger partial charge < -0.3 is 10.6 Å². The Labute approximate surface area is 121 Å². The van der Waals surface area contributed by atoms with Crippen LogP contribution in [0.25, 0.3) is 0 Å². The maximum Gasteiger partial charge on any atom is 0.257 e. The first kappa shape index (κ1) is 15.0. The van der Waals surface area contributed by atoms with Crippen LogP contribution in [0.1, 0.15) is 48.7 Å². The second kappa shape index (κ2) is 6.88. The number of carbonyl (C=O) groups is 1. The van der Waals surface area contributed by atoms with Crippen molar-refractivity contribution in [1.82, 2.24) is 14.7 Å². The summed E-state index contributed by atoms with van der Waals surface area (Å²) in [5.41, 5.74) is 7.22. The van der Waals surface area contributed by atoms with Crippen molar-refractivity contribution in [3.05, 3.63) is 17.5 Å². The lowest BCUT2D eigenvalue weighted by Crippen LogP contribution is -2.37. The molecule has 1 aliphatic rings. The molecular formula is C15H26N4O. The molecule has 112 valence electrons. The van der Waals surface area contributed by atoms with Gasteiger partial charge in [-0.25, -0.2) is 0 Å². The third-order valence-electron chi connectivity index (χ3n) is 4.28. The van der Waals surface area contributed by atoms with Crippen molar-refractivity contribution in [3.63, 3.8) is 0 Å². The van der Waals surface area contributed by atoms with Crippen LogP contribution in [0, 0.1) is 12.8 Å². The van der Waals surface area contributed by atoms with Gasteiger partial charge in [-0.1, -0.05) is 6.42 Å². The van der Waals surface area contributed by atoms with Gasteiger partial charge in [-0.2, -0.15) is 5.10 Å². The minimum absolute atomic E-state index is 0.121. The van der Waals surface area contributed by atoms with E-state index in [0.717, 1.165) is 37.3 Å². The van der Waals surface area contributed by atoms with E-state index >= 15 is 0 Å². The molecule has 1 aromatic rings. The Morgan fingerprint density at radius 1 is 1.55 bits per heavy atom. The Bertz CT molecular complexity index is 451. The zero-order valence-electron chi connectivity index (χ0n) is 12.6. The van der Waals surface area contributed by atoms with E-state index in [1.165, 1.54) is 19.3 Å². The maximum atomic E-state index is 12.6. The number of nitrogens with zero attached hydrogens (tertiary/aromatic N) is 3. The molecule has 1 heterocycles. The van der Waals surface area contributed by atoms with Crippen LogP contribution in [-0.4, -0.2) is 40.2 Å².